The van der Waals surface area contributed by atoms with Crippen molar-refractivity contribution in [2.24, 2.45) is 11.0 Å². The Morgan fingerprint density at radius 2 is 2.13 bits per heavy atom. The lowest BCUT2D eigenvalue weighted by molar-refractivity contribution is -0.138. The van der Waals surface area contributed by atoms with Gasteiger partial charge >= 0.3 is 0 Å². The van der Waals surface area contributed by atoms with Gasteiger partial charge in [-0.05, 0) is 37.3 Å². The summed E-state index contributed by atoms with van der Waals surface area (Å²) in [5.41, 5.74) is 0.568. The maximum absolute atomic E-state index is 13.6. The van der Waals surface area contributed by atoms with E-state index in [1.165, 1.54) is 17.4 Å². The van der Waals surface area contributed by atoms with Crippen LogP contribution in [-0.4, -0.2) is 44.2 Å². The number of pyridine rings is 1. The number of nitrogens with zero attached hydrogens (tertiary/aromatic N) is 7. The van der Waals surface area contributed by atoms with E-state index in [1.807, 2.05) is 0 Å². The van der Waals surface area contributed by atoms with Gasteiger partial charge in [-0.1, -0.05) is 6.57 Å². The molecule has 8 nitrogen and oxygen atoms in total. The molecule has 2 aromatic heterocycles. The van der Waals surface area contributed by atoms with E-state index in [0.29, 0.717) is 30.8 Å². The van der Waals surface area contributed by atoms with Gasteiger partial charge in [-0.2, -0.15) is 10.1 Å². The van der Waals surface area contributed by atoms with E-state index in [-0.39, 0.29) is 23.4 Å². The van der Waals surface area contributed by atoms with Crippen LogP contribution in [0.15, 0.2) is 36.0 Å². The second-order valence-corrected chi connectivity index (χ2v) is 8.08. The average molecular weight is 405 g/mol. The van der Waals surface area contributed by atoms with E-state index in [2.05, 4.69) is 29.8 Å². The second kappa shape index (κ2) is 7.13. The summed E-state index contributed by atoms with van der Waals surface area (Å²) in [6.07, 6.45) is 9.84. The lowest BCUT2D eigenvalue weighted by Gasteiger charge is -2.41. The molecule has 0 N–H and O–H groups in total. The molecule has 152 valence electrons. The van der Waals surface area contributed by atoms with Gasteiger partial charge in [0.2, 0.25) is 12.2 Å². The Hall–Kier alpha value is -3.41. The van der Waals surface area contributed by atoms with Crippen LogP contribution >= 0.6 is 0 Å². The molecule has 1 saturated heterocycles. The summed E-state index contributed by atoms with van der Waals surface area (Å²) in [7, 11) is 0. The highest BCUT2D eigenvalue weighted by Crippen LogP contribution is 2.52. The van der Waals surface area contributed by atoms with Crippen LogP contribution in [0.25, 0.3) is 4.85 Å². The van der Waals surface area contributed by atoms with Crippen molar-refractivity contribution in [2.45, 2.75) is 43.7 Å². The molecule has 5 rings (SSSR count). The van der Waals surface area contributed by atoms with Gasteiger partial charge in [0.1, 0.15) is 11.6 Å². The van der Waals surface area contributed by atoms with Gasteiger partial charge in [-0.25, -0.2) is 9.40 Å². The lowest BCUT2D eigenvalue weighted by atomic mass is 9.87. The first-order chi connectivity index (χ1) is 14.6. The van der Waals surface area contributed by atoms with Crippen LogP contribution in [0.1, 0.15) is 43.7 Å². The Morgan fingerprint density at radius 3 is 2.90 bits per heavy atom. The van der Waals surface area contributed by atoms with Crippen molar-refractivity contribution in [3.63, 3.8) is 0 Å². The Balaban J connectivity index is 1.34. The van der Waals surface area contributed by atoms with E-state index in [1.54, 1.807) is 18.5 Å². The fourth-order valence-corrected chi connectivity index (χ4v) is 4.63. The zero-order valence-electron chi connectivity index (χ0n) is 16.3. The number of carbonyl (C=O) groups excluding carboxylic acids is 1. The summed E-state index contributed by atoms with van der Waals surface area (Å²) >= 11 is 0. The van der Waals surface area contributed by atoms with Gasteiger partial charge in [-0.3, -0.25) is 9.78 Å². The third-order valence-corrected chi connectivity index (χ3v) is 6.27. The molecule has 9 heteroatoms. The van der Waals surface area contributed by atoms with E-state index in [4.69, 9.17) is 6.57 Å². The SMILES string of the molecule is [C-]#[N+]c1cc(N2CC[C@H](C(=O)N3N=CC[C@@H]3c3cncc(F)c3)CC23CC3)ncn1. The monoisotopic (exact) mass is 405 g/mol. The molecule has 0 radical (unpaired) electrons. The van der Waals surface area contributed by atoms with Crippen molar-refractivity contribution >= 4 is 23.8 Å². The molecule has 1 spiro atoms. The average Bonchev–Trinajstić information content (AvgIpc) is 3.34. The van der Waals surface area contributed by atoms with Gasteiger partial charge in [0.15, 0.2) is 0 Å². The molecule has 1 amide bonds. The number of piperidine rings is 1. The summed E-state index contributed by atoms with van der Waals surface area (Å²) in [6.45, 7) is 7.87. The number of halogens is 1. The van der Waals surface area contributed by atoms with Crippen molar-refractivity contribution in [3.8, 4) is 0 Å². The molecule has 2 fully saturated rings. The summed E-state index contributed by atoms with van der Waals surface area (Å²) < 4.78 is 13.6. The number of carbonyl (C=O) groups is 1. The zero-order valence-corrected chi connectivity index (χ0v) is 16.3. The van der Waals surface area contributed by atoms with Crippen molar-refractivity contribution < 1.29 is 9.18 Å². The van der Waals surface area contributed by atoms with E-state index in [0.717, 1.165) is 31.3 Å². The number of hydrazone groups is 1. The predicted octanol–water partition coefficient (Wildman–Crippen LogP) is 3.27. The Morgan fingerprint density at radius 1 is 1.27 bits per heavy atom. The minimum absolute atomic E-state index is 0.0199. The maximum atomic E-state index is 13.6. The van der Waals surface area contributed by atoms with Crippen LogP contribution in [0.2, 0.25) is 0 Å². The Bertz CT molecular complexity index is 1060. The van der Waals surface area contributed by atoms with Crippen molar-refractivity contribution in [1.29, 1.82) is 0 Å². The Labute approximate surface area is 173 Å². The smallest absolute Gasteiger partial charge is 0.274 e. The number of amides is 1. The molecular weight excluding hydrogens is 385 g/mol. The molecule has 30 heavy (non-hydrogen) atoms. The fraction of sp³-hybridized carbons (Fsp3) is 0.429. The number of anilines is 1. The molecule has 2 aliphatic heterocycles. The van der Waals surface area contributed by atoms with Crippen molar-refractivity contribution in [3.05, 3.63) is 53.7 Å². The van der Waals surface area contributed by atoms with Gasteiger partial charge in [-0.15, -0.1) is 4.98 Å². The predicted molar refractivity (Wildman–Crippen MR) is 107 cm³/mol. The first kappa shape index (κ1) is 18.6. The molecule has 2 atom stereocenters. The highest BCUT2D eigenvalue weighted by atomic mass is 19.1. The molecule has 1 saturated carbocycles. The molecule has 0 bridgehead atoms. The third-order valence-electron chi connectivity index (χ3n) is 6.27. The largest absolute Gasteiger partial charge is 0.360 e. The van der Waals surface area contributed by atoms with Gasteiger partial charge < -0.3 is 9.74 Å². The summed E-state index contributed by atoms with van der Waals surface area (Å²) in [5, 5.41) is 5.82. The normalized spacial score (nSPS) is 24.1. The van der Waals surface area contributed by atoms with Crippen LogP contribution in [-0.2, 0) is 4.79 Å². The molecular formula is C21H20FN7O. The standard InChI is InChI=1S/C21H20FN7O/c1-23-18-9-19(26-13-25-18)28-7-3-14(10-21(28)4-5-21)20(30)29-17(2-6-27-29)15-8-16(22)12-24-11-15/h6,8-9,11-14,17H,2-5,7,10H2/t14-,17+/m0/s1. The summed E-state index contributed by atoms with van der Waals surface area (Å²) in [6, 6.07) is 2.83. The second-order valence-electron chi connectivity index (χ2n) is 8.08. The number of hydrogen-bond acceptors (Lipinski definition) is 6. The quantitative estimate of drug-likeness (QED) is 0.733. The van der Waals surface area contributed by atoms with E-state index in [9.17, 15) is 9.18 Å². The Kier molecular flexibility index (Phi) is 4.42. The van der Waals surface area contributed by atoms with Crippen molar-refractivity contribution in [1.82, 2.24) is 20.0 Å². The highest BCUT2D eigenvalue weighted by Gasteiger charge is 2.54. The topological polar surface area (TPSA) is 78.9 Å². The third kappa shape index (κ3) is 3.18. The minimum atomic E-state index is -0.416. The summed E-state index contributed by atoms with van der Waals surface area (Å²) in [5.74, 6) is 0.494. The zero-order chi connectivity index (χ0) is 20.7. The molecule has 0 aromatic carbocycles. The molecule has 1 aliphatic carbocycles. The van der Waals surface area contributed by atoms with Crippen LogP contribution in [0.4, 0.5) is 16.0 Å². The van der Waals surface area contributed by atoms with Gasteiger partial charge in [0.25, 0.3) is 5.82 Å². The molecule has 0 unspecified atom stereocenters. The minimum Gasteiger partial charge on any atom is -0.360 e. The molecule has 4 heterocycles. The fourth-order valence-electron chi connectivity index (χ4n) is 4.63. The first-order valence-corrected chi connectivity index (χ1v) is 10.0. The summed E-state index contributed by atoms with van der Waals surface area (Å²) in [4.78, 5) is 31.2. The molecule has 3 aliphatic rings. The van der Waals surface area contributed by atoms with Gasteiger partial charge in [0, 0.05) is 42.9 Å². The van der Waals surface area contributed by atoms with Gasteiger partial charge in [0.05, 0.1) is 12.2 Å². The van der Waals surface area contributed by atoms with E-state index < -0.39 is 5.82 Å². The number of rotatable bonds is 3. The number of aromatic nitrogens is 3. The van der Waals surface area contributed by atoms with E-state index >= 15 is 0 Å². The van der Waals surface area contributed by atoms with Crippen molar-refractivity contribution in [2.75, 3.05) is 11.4 Å². The molecule has 2 aromatic rings. The van der Waals surface area contributed by atoms with Crippen LogP contribution in [0, 0.1) is 18.3 Å². The van der Waals surface area contributed by atoms with Crippen LogP contribution < -0.4 is 4.90 Å². The van der Waals surface area contributed by atoms with Crippen LogP contribution in [0.3, 0.4) is 0 Å². The highest BCUT2D eigenvalue weighted by molar-refractivity contribution is 5.82. The first-order valence-electron chi connectivity index (χ1n) is 10.0. The number of hydrogen-bond donors (Lipinski definition) is 0. The maximum Gasteiger partial charge on any atom is 0.274 e. The van der Waals surface area contributed by atoms with Crippen LogP contribution in [0.5, 0.6) is 0 Å². The lowest BCUT2D eigenvalue weighted by Crippen LogP contribution is -2.48.